The lowest BCUT2D eigenvalue weighted by Gasteiger charge is -2.24. The van der Waals surface area contributed by atoms with Crippen molar-refractivity contribution in [1.29, 1.82) is 0 Å². The number of amides is 1. The molecule has 98 valence electrons. The van der Waals surface area contributed by atoms with Crippen LogP contribution in [0.25, 0.3) is 6.08 Å². The maximum Gasteiger partial charge on any atom is 0.246 e. The first-order chi connectivity index (χ1) is 8.54. The van der Waals surface area contributed by atoms with Crippen LogP contribution in [0.15, 0.2) is 30.3 Å². The van der Waals surface area contributed by atoms with Crippen molar-refractivity contribution in [3.8, 4) is 0 Å². The zero-order valence-corrected chi connectivity index (χ0v) is 10.8. The molecule has 0 saturated heterocycles. The molecule has 0 aliphatic carbocycles. The Labute approximate surface area is 108 Å². The molecule has 0 radical (unpaired) electrons. The molecule has 0 aromatic heterocycles. The lowest BCUT2D eigenvalue weighted by atomic mass is 10.2. The fourth-order valence-electron chi connectivity index (χ4n) is 1.60. The number of anilines is 1. The minimum Gasteiger partial charge on any atom is -0.399 e. The number of rotatable bonds is 5. The predicted octanol–water partition coefficient (Wildman–Crippen LogP) is 1.51. The van der Waals surface area contributed by atoms with Gasteiger partial charge in [0, 0.05) is 24.4 Å². The van der Waals surface area contributed by atoms with Gasteiger partial charge in [0.2, 0.25) is 5.91 Å². The van der Waals surface area contributed by atoms with Crippen molar-refractivity contribution in [3.63, 3.8) is 0 Å². The number of carbonyl (C=O) groups is 1. The van der Waals surface area contributed by atoms with Crippen LogP contribution >= 0.6 is 0 Å². The van der Waals surface area contributed by atoms with Crippen LogP contribution in [0.3, 0.4) is 0 Å². The van der Waals surface area contributed by atoms with Gasteiger partial charge in [-0.05, 0) is 37.6 Å². The molecule has 1 aromatic rings. The third-order valence-corrected chi connectivity index (χ3v) is 2.60. The zero-order chi connectivity index (χ0) is 13.5. The number of aliphatic hydroxyl groups excluding tert-OH is 1. The van der Waals surface area contributed by atoms with Crippen LogP contribution in [-0.2, 0) is 4.79 Å². The molecule has 18 heavy (non-hydrogen) atoms. The SMILES string of the molecule is CC(C)N(CCO)C(=O)/C=C/c1ccc(N)cc1. The molecular formula is C14H20N2O2. The van der Waals surface area contributed by atoms with E-state index in [1.165, 1.54) is 6.08 Å². The Morgan fingerprint density at radius 3 is 2.50 bits per heavy atom. The van der Waals surface area contributed by atoms with Crippen LogP contribution in [0.2, 0.25) is 0 Å². The standard InChI is InChI=1S/C14H20N2O2/c1-11(2)16(9-10-17)14(18)8-5-12-3-6-13(15)7-4-12/h3-8,11,17H,9-10,15H2,1-2H3/b8-5+. The summed E-state index contributed by atoms with van der Waals surface area (Å²) in [7, 11) is 0. The van der Waals surface area contributed by atoms with E-state index in [1.54, 1.807) is 23.1 Å². The lowest BCUT2D eigenvalue weighted by molar-refractivity contribution is -0.128. The van der Waals surface area contributed by atoms with Crippen LogP contribution in [0.5, 0.6) is 0 Å². The van der Waals surface area contributed by atoms with E-state index >= 15 is 0 Å². The number of carbonyl (C=O) groups excluding carboxylic acids is 1. The van der Waals surface area contributed by atoms with Gasteiger partial charge in [-0.3, -0.25) is 4.79 Å². The van der Waals surface area contributed by atoms with E-state index in [4.69, 9.17) is 10.8 Å². The molecule has 0 atom stereocenters. The van der Waals surface area contributed by atoms with E-state index in [0.717, 1.165) is 5.56 Å². The number of benzene rings is 1. The summed E-state index contributed by atoms with van der Waals surface area (Å²) in [5, 5.41) is 8.92. The fraction of sp³-hybridized carbons (Fsp3) is 0.357. The monoisotopic (exact) mass is 248 g/mol. The number of hydrogen-bond acceptors (Lipinski definition) is 3. The molecule has 0 bridgehead atoms. The van der Waals surface area contributed by atoms with Gasteiger partial charge >= 0.3 is 0 Å². The molecule has 0 aliphatic rings. The molecule has 1 rings (SSSR count). The largest absolute Gasteiger partial charge is 0.399 e. The average Bonchev–Trinajstić information content (AvgIpc) is 2.34. The number of aliphatic hydroxyl groups is 1. The molecule has 1 aromatic carbocycles. The second kappa shape index (κ2) is 6.81. The quantitative estimate of drug-likeness (QED) is 0.613. The maximum absolute atomic E-state index is 11.9. The first kappa shape index (κ1) is 14.3. The van der Waals surface area contributed by atoms with Gasteiger partial charge in [-0.25, -0.2) is 0 Å². The van der Waals surface area contributed by atoms with Crippen LogP contribution in [0.4, 0.5) is 5.69 Å². The highest BCUT2D eigenvalue weighted by Gasteiger charge is 2.12. The highest BCUT2D eigenvalue weighted by Crippen LogP contribution is 2.08. The molecule has 0 saturated carbocycles. The fourth-order valence-corrected chi connectivity index (χ4v) is 1.60. The summed E-state index contributed by atoms with van der Waals surface area (Å²) in [6.45, 7) is 4.16. The first-order valence-electron chi connectivity index (χ1n) is 5.99. The minimum absolute atomic E-state index is 0.0281. The zero-order valence-electron chi connectivity index (χ0n) is 10.8. The Bertz CT molecular complexity index is 410. The minimum atomic E-state index is -0.101. The van der Waals surface area contributed by atoms with Gasteiger partial charge in [-0.2, -0.15) is 0 Å². The molecule has 4 heteroatoms. The molecule has 3 N–H and O–H groups in total. The van der Waals surface area contributed by atoms with Gasteiger partial charge in [-0.1, -0.05) is 12.1 Å². The van der Waals surface area contributed by atoms with Crippen LogP contribution in [0.1, 0.15) is 19.4 Å². The number of hydrogen-bond donors (Lipinski definition) is 2. The molecule has 0 fully saturated rings. The second-order valence-corrected chi connectivity index (χ2v) is 4.35. The smallest absolute Gasteiger partial charge is 0.246 e. The van der Waals surface area contributed by atoms with E-state index in [2.05, 4.69) is 0 Å². The summed E-state index contributed by atoms with van der Waals surface area (Å²) in [5.41, 5.74) is 7.20. The maximum atomic E-state index is 11.9. The number of nitrogens with two attached hydrogens (primary N) is 1. The normalized spacial score (nSPS) is 11.1. The van der Waals surface area contributed by atoms with Gasteiger partial charge in [0.25, 0.3) is 0 Å². The highest BCUT2D eigenvalue weighted by molar-refractivity contribution is 5.92. The van der Waals surface area contributed by atoms with Crippen molar-refractivity contribution < 1.29 is 9.90 Å². The van der Waals surface area contributed by atoms with Crippen molar-refractivity contribution in [2.24, 2.45) is 0 Å². The summed E-state index contributed by atoms with van der Waals surface area (Å²) < 4.78 is 0. The van der Waals surface area contributed by atoms with Gasteiger partial charge in [0.05, 0.1) is 6.61 Å². The molecule has 0 unspecified atom stereocenters. The third kappa shape index (κ3) is 4.22. The Hall–Kier alpha value is -1.81. The number of nitrogens with zero attached hydrogens (tertiary/aromatic N) is 1. The van der Waals surface area contributed by atoms with Crippen molar-refractivity contribution in [2.45, 2.75) is 19.9 Å². The molecule has 4 nitrogen and oxygen atoms in total. The van der Waals surface area contributed by atoms with E-state index < -0.39 is 0 Å². The molecule has 0 aliphatic heterocycles. The summed E-state index contributed by atoms with van der Waals surface area (Å²) >= 11 is 0. The Morgan fingerprint density at radius 1 is 1.39 bits per heavy atom. The Kier molecular flexibility index (Phi) is 5.39. The molecule has 1 amide bonds. The topological polar surface area (TPSA) is 66.6 Å². The van der Waals surface area contributed by atoms with Crippen molar-refractivity contribution in [1.82, 2.24) is 4.90 Å². The lowest BCUT2D eigenvalue weighted by Crippen LogP contribution is -2.37. The predicted molar refractivity (Wildman–Crippen MR) is 73.8 cm³/mol. The third-order valence-electron chi connectivity index (χ3n) is 2.60. The molecule has 0 spiro atoms. The highest BCUT2D eigenvalue weighted by atomic mass is 16.3. The van der Waals surface area contributed by atoms with Crippen molar-refractivity contribution >= 4 is 17.7 Å². The molecule has 0 heterocycles. The van der Waals surface area contributed by atoms with Crippen molar-refractivity contribution in [3.05, 3.63) is 35.9 Å². The Morgan fingerprint density at radius 2 is 2.00 bits per heavy atom. The van der Waals surface area contributed by atoms with Gasteiger partial charge < -0.3 is 15.7 Å². The summed E-state index contributed by atoms with van der Waals surface area (Å²) in [5.74, 6) is -0.101. The van der Waals surface area contributed by atoms with Crippen LogP contribution in [0, 0.1) is 0 Å². The molecular weight excluding hydrogens is 228 g/mol. The van der Waals surface area contributed by atoms with Crippen LogP contribution < -0.4 is 5.73 Å². The summed E-state index contributed by atoms with van der Waals surface area (Å²) in [6, 6.07) is 7.35. The average molecular weight is 248 g/mol. The summed E-state index contributed by atoms with van der Waals surface area (Å²) in [4.78, 5) is 13.5. The second-order valence-electron chi connectivity index (χ2n) is 4.35. The Balaban J connectivity index is 2.70. The van der Waals surface area contributed by atoms with E-state index in [1.807, 2.05) is 26.0 Å². The van der Waals surface area contributed by atoms with Crippen LogP contribution in [-0.4, -0.2) is 35.1 Å². The van der Waals surface area contributed by atoms with Gasteiger partial charge in [0.1, 0.15) is 0 Å². The van der Waals surface area contributed by atoms with Gasteiger partial charge in [0.15, 0.2) is 0 Å². The van der Waals surface area contributed by atoms with E-state index in [0.29, 0.717) is 12.2 Å². The number of nitrogen functional groups attached to an aromatic ring is 1. The first-order valence-corrected chi connectivity index (χ1v) is 5.99. The van der Waals surface area contributed by atoms with Gasteiger partial charge in [-0.15, -0.1) is 0 Å². The van der Waals surface area contributed by atoms with E-state index in [9.17, 15) is 4.79 Å². The van der Waals surface area contributed by atoms with Crippen molar-refractivity contribution in [2.75, 3.05) is 18.9 Å². The van der Waals surface area contributed by atoms with E-state index in [-0.39, 0.29) is 18.6 Å². The summed E-state index contributed by atoms with van der Waals surface area (Å²) in [6.07, 6.45) is 3.26.